The molecule has 18 heavy (non-hydrogen) atoms. The van der Waals surface area contributed by atoms with Gasteiger partial charge in [-0.15, -0.1) is 0 Å². The number of benzene rings is 1. The van der Waals surface area contributed by atoms with E-state index in [4.69, 9.17) is 4.74 Å². The van der Waals surface area contributed by atoms with Crippen LogP contribution in [0, 0.1) is 0 Å². The first-order valence-corrected chi connectivity index (χ1v) is 4.99. The number of carbonyl (C=O) groups excluding carboxylic acids is 1. The summed E-state index contributed by atoms with van der Waals surface area (Å²) in [6.45, 7) is 1.05. The van der Waals surface area contributed by atoms with Gasteiger partial charge in [0.1, 0.15) is 5.75 Å². The number of aromatic nitrogens is 2. The van der Waals surface area contributed by atoms with E-state index in [2.05, 4.69) is 4.98 Å². The number of hydrogen-bond acceptors (Lipinski definition) is 3. The first-order valence-electron chi connectivity index (χ1n) is 4.99. The molecule has 7 heteroatoms. The molecular formula is C11H9F3N2O2. The topological polar surface area (TPSA) is 44.1 Å². The molecule has 0 aliphatic carbocycles. The van der Waals surface area contributed by atoms with Crippen LogP contribution >= 0.6 is 0 Å². The van der Waals surface area contributed by atoms with E-state index in [1.54, 1.807) is 0 Å². The van der Waals surface area contributed by atoms with E-state index in [0.717, 1.165) is 6.92 Å². The number of rotatable bonds is 1. The van der Waals surface area contributed by atoms with Gasteiger partial charge >= 0.3 is 6.18 Å². The van der Waals surface area contributed by atoms with Crippen LogP contribution < -0.4 is 4.74 Å². The van der Waals surface area contributed by atoms with Crippen molar-refractivity contribution in [1.29, 1.82) is 0 Å². The fourth-order valence-corrected chi connectivity index (χ4v) is 1.69. The maximum absolute atomic E-state index is 12.8. The van der Waals surface area contributed by atoms with Crippen LogP contribution in [-0.4, -0.2) is 22.6 Å². The number of carbonyl (C=O) groups is 1. The second-order valence-electron chi connectivity index (χ2n) is 3.64. The van der Waals surface area contributed by atoms with Gasteiger partial charge in [0.05, 0.1) is 18.1 Å². The highest BCUT2D eigenvalue weighted by molar-refractivity contribution is 5.90. The standard InChI is InChI=1S/C11H9F3N2O2/c1-6(17)16-9-5-7(18-2)3-4-8(9)15-10(16)11(12,13)14/h3-5H,1-2H3. The summed E-state index contributed by atoms with van der Waals surface area (Å²) in [4.78, 5) is 14.8. The van der Waals surface area contributed by atoms with Gasteiger partial charge < -0.3 is 4.74 Å². The average Bonchev–Trinajstić information content (AvgIpc) is 2.66. The molecule has 0 unspecified atom stereocenters. The third-order valence-corrected chi connectivity index (χ3v) is 2.43. The molecule has 0 amide bonds. The first kappa shape index (κ1) is 12.4. The highest BCUT2D eigenvalue weighted by atomic mass is 19.4. The van der Waals surface area contributed by atoms with Crippen LogP contribution in [-0.2, 0) is 6.18 Å². The molecule has 1 heterocycles. The second kappa shape index (κ2) is 4.01. The first-order chi connectivity index (χ1) is 8.34. The molecule has 1 aromatic carbocycles. The van der Waals surface area contributed by atoms with E-state index in [0.29, 0.717) is 10.3 Å². The minimum absolute atomic E-state index is 0.0779. The summed E-state index contributed by atoms with van der Waals surface area (Å²) in [6, 6.07) is 4.21. The van der Waals surface area contributed by atoms with Crippen molar-refractivity contribution in [2.45, 2.75) is 13.1 Å². The van der Waals surface area contributed by atoms with E-state index < -0.39 is 17.9 Å². The molecule has 96 valence electrons. The fraction of sp³-hybridized carbons (Fsp3) is 0.273. The van der Waals surface area contributed by atoms with Crippen LogP contribution in [0.25, 0.3) is 11.0 Å². The largest absolute Gasteiger partial charge is 0.497 e. The molecule has 1 aromatic heterocycles. The summed E-state index contributed by atoms with van der Waals surface area (Å²) in [6.07, 6.45) is -4.68. The van der Waals surface area contributed by atoms with Crippen LogP contribution in [0.5, 0.6) is 5.75 Å². The summed E-state index contributed by atoms with van der Waals surface area (Å²) in [7, 11) is 1.39. The van der Waals surface area contributed by atoms with Gasteiger partial charge in [-0.05, 0) is 12.1 Å². The predicted molar refractivity (Wildman–Crippen MR) is 57.6 cm³/mol. The van der Waals surface area contributed by atoms with E-state index >= 15 is 0 Å². The number of imidazole rings is 1. The molecule has 0 fully saturated rings. The minimum Gasteiger partial charge on any atom is -0.497 e. The van der Waals surface area contributed by atoms with E-state index in [9.17, 15) is 18.0 Å². The average molecular weight is 258 g/mol. The Balaban J connectivity index is 2.81. The summed E-state index contributed by atoms with van der Waals surface area (Å²) < 4.78 is 43.7. The Bertz CT molecular complexity index is 617. The van der Waals surface area contributed by atoms with E-state index in [1.807, 2.05) is 0 Å². The number of fused-ring (bicyclic) bond motifs is 1. The molecule has 0 saturated heterocycles. The van der Waals surface area contributed by atoms with Crippen molar-refractivity contribution in [2.24, 2.45) is 0 Å². The van der Waals surface area contributed by atoms with E-state index in [-0.39, 0.29) is 11.0 Å². The molecule has 0 bridgehead atoms. The zero-order valence-electron chi connectivity index (χ0n) is 9.58. The fourth-order valence-electron chi connectivity index (χ4n) is 1.69. The Labute approximate surface area is 100.0 Å². The summed E-state index contributed by atoms with van der Waals surface area (Å²) in [5.41, 5.74) is 0.174. The lowest BCUT2D eigenvalue weighted by molar-refractivity contribution is -0.145. The van der Waals surface area contributed by atoms with Gasteiger partial charge in [-0.25, -0.2) is 4.98 Å². The lowest BCUT2D eigenvalue weighted by atomic mass is 10.3. The van der Waals surface area contributed by atoms with Crippen molar-refractivity contribution in [2.75, 3.05) is 7.11 Å². The SMILES string of the molecule is COc1ccc2nc(C(F)(F)F)n(C(C)=O)c2c1. The van der Waals surface area contributed by atoms with Gasteiger partial charge in [0, 0.05) is 13.0 Å². The zero-order valence-corrected chi connectivity index (χ0v) is 9.58. The maximum atomic E-state index is 12.8. The maximum Gasteiger partial charge on any atom is 0.450 e. The number of alkyl halides is 3. The Morgan fingerprint density at radius 2 is 2.06 bits per heavy atom. The Morgan fingerprint density at radius 1 is 1.39 bits per heavy atom. The normalized spacial score (nSPS) is 11.8. The molecule has 0 aliphatic rings. The van der Waals surface area contributed by atoms with Gasteiger partial charge in [-0.2, -0.15) is 13.2 Å². The number of hydrogen-bond donors (Lipinski definition) is 0. The number of methoxy groups -OCH3 is 1. The van der Waals surface area contributed by atoms with Gasteiger partial charge in [0.15, 0.2) is 0 Å². The summed E-state index contributed by atoms with van der Waals surface area (Å²) in [5, 5.41) is 0. The highest BCUT2D eigenvalue weighted by Gasteiger charge is 2.38. The Hall–Kier alpha value is -2.05. The molecule has 0 N–H and O–H groups in total. The number of halogens is 3. The lowest BCUT2D eigenvalue weighted by Crippen LogP contribution is -2.18. The van der Waals surface area contributed by atoms with Gasteiger partial charge in [0.2, 0.25) is 11.7 Å². The number of nitrogens with zero attached hydrogens (tertiary/aromatic N) is 2. The van der Waals surface area contributed by atoms with Crippen molar-refractivity contribution in [1.82, 2.24) is 9.55 Å². The lowest BCUT2D eigenvalue weighted by Gasteiger charge is -2.07. The summed E-state index contributed by atoms with van der Waals surface area (Å²) >= 11 is 0. The van der Waals surface area contributed by atoms with Crippen molar-refractivity contribution < 1.29 is 22.7 Å². The van der Waals surface area contributed by atoms with Crippen LogP contribution in [0.15, 0.2) is 18.2 Å². The molecule has 0 atom stereocenters. The molecule has 2 aromatic rings. The van der Waals surface area contributed by atoms with Crippen LogP contribution in [0.1, 0.15) is 17.5 Å². The monoisotopic (exact) mass is 258 g/mol. The predicted octanol–water partition coefficient (Wildman–Crippen LogP) is 2.72. The van der Waals surface area contributed by atoms with Crippen LogP contribution in [0.2, 0.25) is 0 Å². The zero-order chi connectivity index (χ0) is 13.5. The Morgan fingerprint density at radius 3 is 2.56 bits per heavy atom. The van der Waals surface area contributed by atoms with Crippen molar-refractivity contribution in [3.63, 3.8) is 0 Å². The molecule has 0 spiro atoms. The van der Waals surface area contributed by atoms with Gasteiger partial charge in [-0.3, -0.25) is 9.36 Å². The molecular weight excluding hydrogens is 249 g/mol. The third-order valence-electron chi connectivity index (χ3n) is 2.43. The molecule has 4 nitrogen and oxygen atoms in total. The van der Waals surface area contributed by atoms with Gasteiger partial charge in [0.25, 0.3) is 0 Å². The Kier molecular flexibility index (Phi) is 2.76. The van der Waals surface area contributed by atoms with Crippen molar-refractivity contribution in [3.05, 3.63) is 24.0 Å². The molecule has 2 rings (SSSR count). The quantitative estimate of drug-likeness (QED) is 0.790. The third kappa shape index (κ3) is 1.92. The smallest absolute Gasteiger partial charge is 0.450 e. The van der Waals surface area contributed by atoms with Crippen LogP contribution in [0.3, 0.4) is 0 Å². The molecule has 0 aliphatic heterocycles. The number of ether oxygens (including phenoxy) is 1. The molecule has 0 saturated carbocycles. The minimum atomic E-state index is -4.68. The van der Waals surface area contributed by atoms with Crippen LogP contribution in [0.4, 0.5) is 13.2 Å². The van der Waals surface area contributed by atoms with Crippen molar-refractivity contribution in [3.8, 4) is 5.75 Å². The van der Waals surface area contributed by atoms with Gasteiger partial charge in [-0.1, -0.05) is 0 Å². The van der Waals surface area contributed by atoms with Crippen molar-refractivity contribution >= 4 is 16.9 Å². The summed E-state index contributed by atoms with van der Waals surface area (Å²) in [5.74, 6) is -1.62. The highest BCUT2D eigenvalue weighted by Crippen LogP contribution is 2.32. The second-order valence-corrected chi connectivity index (χ2v) is 3.64. The molecule has 0 radical (unpaired) electrons. The van der Waals surface area contributed by atoms with E-state index in [1.165, 1.54) is 25.3 Å².